The third-order valence-electron chi connectivity index (χ3n) is 4.01. The molecule has 3 amide bonds. The molecule has 1 heterocycles. The van der Waals surface area contributed by atoms with E-state index in [4.69, 9.17) is 16.3 Å². The lowest BCUT2D eigenvalue weighted by molar-refractivity contribution is -0.124. The molecule has 2 aromatic rings. The lowest BCUT2D eigenvalue weighted by atomic mass is 10.1. The van der Waals surface area contributed by atoms with Crippen LogP contribution in [-0.2, 0) is 9.53 Å². The number of benzene rings is 2. The van der Waals surface area contributed by atoms with Crippen LogP contribution in [0.3, 0.4) is 0 Å². The average molecular weight is 388 g/mol. The largest absolute Gasteiger partial charge is 0.368 e. The molecule has 27 heavy (non-hydrogen) atoms. The van der Waals surface area contributed by atoms with Gasteiger partial charge in [-0.25, -0.2) is 0 Å². The number of carbonyl (C=O) groups excluding carboxylic acids is 3. The molecule has 1 saturated heterocycles. The molecule has 0 bridgehead atoms. The van der Waals surface area contributed by atoms with Crippen molar-refractivity contribution in [3.8, 4) is 0 Å². The Bertz CT molecular complexity index is 848. The zero-order valence-electron chi connectivity index (χ0n) is 14.3. The van der Waals surface area contributed by atoms with Gasteiger partial charge < -0.3 is 10.1 Å². The molecule has 7 nitrogen and oxygen atoms in total. The van der Waals surface area contributed by atoms with Crippen LogP contribution in [0, 0.1) is 0 Å². The molecule has 2 aromatic carbocycles. The summed E-state index contributed by atoms with van der Waals surface area (Å²) >= 11 is 5.78. The van der Waals surface area contributed by atoms with Crippen molar-refractivity contribution >= 4 is 35.0 Å². The van der Waals surface area contributed by atoms with E-state index in [0.29, 0.717) is 29.3 Å². The lowest BCUT2D eigenvalue weighted by Crippen LogP contribution is -2.41. The predicted molar refractivity (Wildman–Crippen MR) is 100 cm³/mol. The van der Waals surface area contributed by atoms with Gasteiger partial charge in [0.05, 0.1) is 0 Å². The number of anilines is 1. The number of hydrogen-bond acceptors (Lipinski definition) is 4. The number of nitrogens with one attached hydrogen (secondary N) is 3. The lowest BCUT2D eigenvalue weighted by Gasteiger charge is -2.12. The monoisotopic (exact) mass is 387 g/mol. The zero-order valence-corrected chi connectivity index (χ0v) is 15.1. The summed E-state index contributed by atoms with van der Waals surface area (Å²) in [6.45, 7) is 0.577. The van der Waals surface area contributed by atoms with E-state index in [1.165, 1.54) is 6.07 Å². The van der Waals surface area contributed by atoms with E-state index < -0.39 is 17.9 Å². The average Bonchev–Trinajstić information content (AvgIpc) is 3.21. The maximum absolute atomic E-state index is 12.2. The Morgan fingerprint density at radius 3 is 2.33 bits per heavy atom. The first-order valence-electron chi connectivity index (χ1n) is 8.42. The Morgan fingerprint density at radius 2 is 1.67 bits per heavy atom. The second-order valence-electron chi connectivity index (χ2n) is 5.99. The fraction of sp³-hybridized carbons (Fsp3) is 0.211. The third-order valence-corrected chi connectivity index (χ3v) is 4.26. The van der Waals surface area contributed by atoms with Gasteiger partial charge in [0.25, 0.3) is 17.7 Å². The minimum absolute atomic E-state index is 0.235. The minimum atomic E-state index is -0.509. The van der Waals surface area contributed by atoms with Crippen molar-refractivity contribution in [2.24, 2.45) is 0 Å². The van der Waals surface area contributed by atoms with E-state index >= 15 is 0 Å². The first-order valence-corrected chi connectivity index (χ1v) is 8.79. The standard InChI is InChI=1S/C19H18ClN3O4/c20-14-8-6-12(7-9-14)17(24)22-23-18(25)13-3-1-4-15(11-13)21-19(26)16-5-2-10-27-16/h1,3-4,6-9,11,16H,2,5,10H2,(H,21,26)(H,22,24)(H,23,25). The van der Waals surface area contributed by atoms with Gasteiger partial charge in [0.1, 0.15) is 6.10 Å². The van der Waals surface area contributed by atoms with E-state index in [1.807, 2.05) is 0 Å². The summed E-state index contributed by atoms with van der Waals surface area (Å²) < 4.78 is 5.33. The molecule has 1 aliphatic heterocycles. The summed E-state index contributed by atoms with van der Waals surface area (Å²) in [5.41, 5.74) is 5.80. The maximum atomic E-state index is 12.2. The SMILES string of the molecule is O=C(NNC(=O)c1cccc(NC(=O)C2CCCO2)c1)c1ccc(Cl)cc1. The van der Waals surface area contributed by atoms with E-state index in [2.05, 4.69) is 16.2 Å². The normalized spacial score (nSPS) is 15.8. The van der Waals surface area contributed by atoms with Gasteiger partial charge in [-0.05, 0) is 55.3 Å². The molecule has 0 radical (unpaired) electrons. The van der Waals surface area contributed by atoms with Gasteiger partial charge in [-0.2, -0.15) is 0 Å². The van der Waals surface area contributed by atoms with Crippen molar-refractivity contribution in [1.29, 1.82) is 0 Å². The smallest absolute Gasteiger partial charge is 0.269 e. The summed E-state index contributed by atoms with van der Waals surface area (Å²) in [5.74, 6) is -1.21. The van der Waals surface area contributed by atoms with Gasteiger partial charge in [-0.3, -0.25) is 25.2 Å². The van der Waals surface area contributed by atoms with E-state index in [1.54, 1.807) is 42.5 Å². The second-order valence-corrected chi connectivity index (χ2v) is 6.42. The number of ether oxygens (including phenoxy) is 1. The molecule has 140 valence electrons. The topological polar surface area (TPSA) is 96.5 Å². The summed E-state index contributed by atoms with van der Waals surface area (Å²) in [6.07, 6.45) is 1.08. The van der Waals surface area contributed by atoms with Crippen LogP contribution in [0.5, 0.6) is 0 Å². The Balaban J connectivity index is 1.57. The molecule has 0 aromatic heterocycles. The third kappa shape index (κ3) is 5.06. The minimum Gasteiger partial charge on any atom is -0.368 e. The summed E-state index contributed by atoms with van der Waals surface area (Å²) in [7, 11) is 0. The van der Waals surface area contributed by atoms with Crippen LogP contribution in [0.25, 0.3) is 0 Å². The van der Waals surface area contributed by atoms with Crippen molar-refractivity contribution in [2.75, 3.05) is 11.9 Å². The molecule has 3 rings (SSSR count). The highest BCUT2D eigenvalue weighted by Gasteiger charge is 2.23. The summed E-state index contributed by atoms with van der Waals surface area (Å²) in [6, 6.07) is 12.7. The molecule has 1 aliphatic rings. The first-order chi connectivity index (χ1) is 13.0. The Labute approximate surface area is 161 Å². The van der Waals surface area contributed by atoms with Crippen LogP contribution in [0.15, 0.2) is 48.5 Å². The Morgan fingerprint density at radius 1 is 0.963 bits per heavy atom. The van der Waals surface area contributed by atoms with Crippen LogP contribution in [-0.4, -0.2) is 30.4 Å². The van der Waals surface area contributed by atoms with Crippen LogP contribution < -0.4 is 16.2 Å². The molecule has 0 aliphatic carbocycles. The van der Waals surface area contributed by atoms with Crippen molar-refractivity contribution in [3.05, 3.63) is 64.7 Å². The number of halogens is 1. The molecule has 1 fully saturated rings. The number of amides is 3. The highest BCUT2D eigenvalue weighted by Crippen LogP contribution is 2.16. The van der Waals surface area contributed by atoms with Gasteiger partial charge in [-0.1, -0.05) is 17.7 Å². The molecule has 8 heteroatoms. The quantitative estimate of drug-likeness (QED) is 0.702. The summed E-state index contributed by atoms with van der Waals surface area (Å²) in [5, 5.41) is 3.24. The highest BCUT2D eigenvalue weighted by molar-refractivity contribution is 6.30. The van der Waals surface area contributed by atoms with Crippen molar-refractivity contribution in [3.63, 3.8) is 0 Å². The predicted octanol–water partition coefficient (Wildman–Crippen LogP) is 2.53. The maximum Gasteiger partial charge on any atom is 0.269 e. The van der Waals surface area contributed by atoms with Gasteiger partial charge in [-0.15, -0.1) is 0 Å². The summed E-state index contributed by atoms with van der Waals surface area (Å²) in [4.78, 5) is 36.3. The Kier molecular flexibility index (Phi) is 6.05. The molecular weight excluding hydrogens is 370 g/mol. The van der Waals surface area contributed by atoms with E-state index in [9.17, 15) is 14.4 Å². The van der Waals surface area contributed by atoms with Crippen molar-refractivity contribution in [1.82, 2.24) is 10.9 Å². The van der Waals surface area contributed by atoms with Gasteiger partial charge in [0.2, 0.25) is 0 Å². The number of hydrogen-bond donors (Lipinski definition) is 3. The van der Waals surface area contributed by atoms with Gasteiger partial charge in [0.15, 0.2) is 0 Å². The van der Waals surface area contributed by atoms with Crippen LogP contribution >= 0.6 is 11.6 Å². The van der Waals surface area contributed by atoms with E-state index in [0.717, 1.165) is 6.42 Å². The number of hydrazine groups is 1. The fourth-order valence-electron chi connectivity index (χ4n) is 2.60. The van der Waals surface area contributed by atoms with Crippen molar-refractivity contribution < 1.29 is 19.1 Å². The molecular formula is C19H18ClN3O4. The molecule has 1 unspecified atom stereocenters. The van der Waals surface area contributed by atoms with Crippen LogP contribution in [0.2, 0.25) is 5.02 Å². The highest BCUT2D eigenvalue weighted by atomic mass is 35.5. The zero-order chi connectivity index (χ0) is 19.2. The molecule has 3 N–H and O–H groups in total. The second kappa shape index (κ2) is 8.66. The van der Waals surface area contributed by atoms with Crippen LogP contribution in [0.1, 0.15) is 33.6 Å². The number of carbonyl (C=O) groups is 3. The van der Waals surface area contributed by atoms with Gasteiger partial charge >= 0.3 is 0 Å². The van der Waals surface area contributed by atoms with E-state index in [-0.39, 0.29) is 11.5 Å². The molecule has 0 spiro atoms. The van der Waals surface area contributed by atoms with Crippen LogP contribution in [0.4, 0.5) is 5.69 Å². The molecule has 0 saturated carbocycles. The molecule has 1 atom stereocenters. The Hall–Kier alpha value is -2.90. The van der Waals surface area contributed by atoms with Gasteiger partial charge in [0, 0.05) is 28.4 Å². The first kappa shape index (κ1) is 18.9. The van der Waals surface area contributed by atoms with Crippen molar-refractivity contribution in [2.45, 2.75) is 18.9 Å². The number of rotatable bonds is 4. The fourth-order valence-corrected chi connectivity index (χ4v) is 2.73.